The van der Waals surface area contributed by atoms with Crippen LogP contribution in [0, 0.1) is 13.8 Å². The first-order chi connectivity index (χ1) is 25.7. The van der Waals surface area contributed by atoms with E-state index in [0.717, 1.165) is 76.1 Å². The third kappa shape index (κ3) is 8.01. The van der Waals surface area contributed by atoms with Gasteiger partial charge in [0.15, 0.2) is 5.82 Å². The number of thiophene rings is 1. The van der Waals surface area contributed by atoms with Crippen LogP contribution in [0.1, 0.15) is 103 Å². The first-order valence-corrected chi connectivity index (χ1v) is 19.3. The molecule has 3 amide bonds. The van der Waals surface area contributed by atoms with Gasteiger partial charge in [0.2, 0.25) is 17.7 Å². The number of carbonyl (C=O) groups excluding carboxylic acids is 4. The fourth-order valence-electron chi connectivity index (χ4n) is 7.07. The molecule has 3 aromatic heterocycles. The maximum atomic E-state index is 13.2. The van der Waals surface area contributed by atoms with Crippen molar-refractivity contribution in [1.29, 1.82) is 0 Å². The Morgan fingerprint density at radius 1 is 1.02 bits per heavy atom. The number of rotatable bonds is 14. The Hall–Kier alpha value is -5.01. The minimum Gasteiger partial charge on any atom is -0.356 e. The van der Waals surface area contributed by atoms with Gasteiger partial charge in [0, 0.05) is 46.8 Å². The number of imidazole rings is 1. The Labute approximate surface area is 316 Å². The molecule has 2 N–H and O–H groups in total. The van der Waals surface area contributed by atoms with E-state index in [9.17, 15) is 19.2 Å². The zero-order chi connectivity index (χ0) is 37.1. The van der Waals surface area contributed by atoms with Crippen LogP contribution in [0.15, 0.2) is 60.1 Å². The molecule has 14 heteroatoms. The molecule has 1 saturated heterocycles. The molecular formula is C39H41ClN8O4S. The van der Waals surface area contributed by atoms with E-state index in [4.69, 9.17) is 16.6 Å². The number of benzene rings is 2. The number of unbranched alkanes of at least 4 members (excludes halogenated alkanes) is 4. The summed E-state index contributed by atoms with van der Waals surface area (Å²) in [5.41, 5.74) is 6.32. The Morgan fingerprint density at radius 2 is 1.81 bits per heavy atom. The SMILES string of the molecule is Cc1sc2c(c1C)C(c1ccc(Cl)cc1)=N[C@@H](CC(=O)NCCCCCCCC(=O)Cc1ccc3ncn(C4CCC(=O)NC4=O)c3c1)c1nncn1-2. The van der Waals surface area contributed by atoms with E-state index in [2.05, 4.69) is 39.7 Å². The predicted octanol–water partition coefficient (Wildman–Crippen LogP) is 6.48. The van der Waals surface area contributed by atoms with E-state index in [1.165, 1.54) is 4.88 Å². The summed E-state index contributed by atoms with van der Waals surface area (Å²) in [6, 6.07) is 12.3. The molecule has 1 fully saturated rings. The lowest BCUT2D eigenvalue weighted by Gasteiger charge is -2.22. The summed E-state index contributed by atoms with van der Waals surface area (Å²) in [6.45, 7) is 4.75. The average Bonchev–Trinajstić information content (AvgIpc) is 3.84. The number of halogens is 1. The Kier molecular flexibility index (Phi) is 10.9. The van der Waals surface area contributed by atoms with Crippen molar-refractivity contribution in [3.05, 3.63) is 93.1 Å². The highest BCUT2D eigenvalue weighted by Crippen LogP contribution is 2.39. The third-order valence-electron chi connectivity index (χ3n) is 10.0. The number of aliphatic imine (C=N–C) groups is 1. The van der Waals surface area contributed by atoms with Crippen molar-refractivity contribution in [2.24, 2.45) is 4.99 Å². The summed E-state index contributed by atoms with van der Waals surface area (Å²) in [6.07, 6.45) is 9.51. The standard InChI is InChI=1S/C39H41ClN8O4S/c1-23-24(2)53-39-35(23)36(26-10-12-27(40)13-11-26)44-30(37-46-43-22-48(37)39)20-34(51)41-17-7-5-3-4-6-8-28(49)18-25-9-14-29-32(19-25)47(21-42-29)31-15-16-33(50)45-38(31)52/h9-14,19,21-22,30-31H,3-8,15-18,20H2,1-2H3,(H,41,51)(H,45,50,52)/t30-,31?/m0/s1. The van der Waals surface area contributed by atoms with Crippen molar-refractivity contribution in [3.8, 4) is 5.00 Å². The largest absolute Gasteiger partial charge is 0.356 e. The summed E-state index contributed by atoms with van der Waals surface area (Å²) in [5, 5.41) is 15.7. The van der Waals surface area contributed by atoms with Crippen LogP contribution < -0.4 is 10.6 Å². The van der Waals surface area contributed by atoms with Gasteiger partial charge >= 0.3 is 0 Å². The molecule has 5 aromatic rings. The molecule has 0 spiro atoms. The second-order valence-electron chi connectivity index (χ2n) is 13.8. The predicted molar refractivity (Wildman–Crippen MR) is 204 cm³/mol. The molecule has 2 atom stereocenters. The van der Waals surface area contributed by atoms with Crippen LogP contribution in [-0.4, -0.2) is 60.1 Å². The third-order valence-corrected chi connectivity index (χ3v) is 11.5. The Balaban J connectivity index is 0.861. The highest BCUT2D eigenvalue weighted by Gasteiger charge is 2.32. The summed E-state index contributed by atoms with van der Waals surface area (Å²) >= 11 is 7.87. The van der Waals surface area contributed by atoms with E-state index in [1.54, 1.807) is 28.6 Å². The zero-order valence-corrected chi connectivity index (χ0v) is 31.3. The number of fused-ring (bicyclic) bond motifs is 4. The Bertz CT molecular complexity index is 2220. The smallest absolute Gasteiger partial charge is 0.249 e. The topological polar surface area (TPSA) is 153 Å². The number of Topliss-reactive ketones (excluding diaryl/α,β-unsaturated/α-hetero) is 1. The minimum atomic E-state index is -0.505. The number of imide groups is 1. The van der Waals surface area contributed by atoms with Crippen molar-refractivity contribution < 1.29 is 19.2 Å². The fraction of sp³-hybridized carbons (Fsp3) is 0.385. The van der Waals surface area contributed by atoms with Crippen molar-refractivity contribution >= 4 is 63.2 Å². The van der Waals surface area contributed by atoms with Gasteiger partial charge in [-0.2, -0.15) is 0 Å². The van der Waals surface area contributed by atoms with Crippen LogP contribution in [0.25, 0.3) is 16.0 Å². The number of nitrogens with one attached hydrogen (secondary N) is 2. The molecule has 0 bridgehead atoms. The zero-order valence-electron chi connectivity index (χ0n) is 29.7. The second kappa shape index (κ2) is 15.9. The van der Waals surface area contributed by atoms with Gasteiger partial charge < -0.3 is 9.88 Å². The van der Waals surface area contributed by atoms with E-state index in [0.29, 0.717) is 36.7 Å². The number of piperidine rings is 1. The fourth-order valence-corrected chi connectivity index (χ4v) is 8.34. The van der Waals surface area contributed by atoms with E-state index in [-0.39, 0.29) is 36.3 Å². The van der Waals surface area contributed by atoms with E-state index >= 15 is 0 Å². The monoisotopic (exact) mass is 752 g/mol. The van der Waals surface area contributed by atoms with Gasteiger partial charge in [-0.25, -0.2) is 4.98 Å². The number of hydrogen-bond acceptors (Lipinski definition) is 9. The van der Waals surface area contributed by atoms with Gasteiger partial charge in [-0.05, 0) is 68.5 Å². The number of nitrogens with zero attached hydrogens (tertiary/aromatic N) is 6. The van der Waals surface area contributed by atoms with Crippen LogP contribution in [0.2, 0.25) is 5.02 Å². The van der Waals surface area contributed by atoms with Crippen LogP contribution in [0.3, 0.4) is 0 Å². The molecule has 0 radical (unpaired) electrons. The summed E-state index contributed by atoms with van der Waals surface area (Å²) in [7, 11) is 0. The van der Waals surface area contributed by atoms with Crippen molar-refractivity contribution in [2.75, 3.05) is 6.54 Å². The second-order valence-corrected chi connectivity index (χ2v) is 15.4. The molecule has 12 nitrogen and oxygen atoms in total. The van der Waals surface area contributed by atoms with Crippen molar-refractivity contribution in [2.45, 2.75) is 90.1 Å². The molecule has 0 aliphatic carbocycles. The number of aryl methyl sites for hydroxylation is 1. The van der Waals surface area contributed by atoms with Crippen molar-refractivity contribution in [1.82, 2.24) is 34.9 Å². The van der Waals surface area contributed by atoms with Gasteiger partial charge in [0.05, 0.1) is 29.5 Å². The van der Waals surface area contributed by atoms with Gasteiger partial charge in [0.1, 0.15) is 29.2 Å². The number of aromatic nitrogens is 5. The van der Waals surface area contributed by atoms with E-state index in [1.807, 2.05) is 47.0 Å². The highest BCUT2D eigenvalue weighted by atomic mass is 35.5. The number of hydrogen-bond donors (Lipinski definition) is 2. The van der Waals surface area contributed by atoms with Crippen LogP contribution in [-0.2, 0) is 25.6 Å². The molecule has 53 heavy (non-hydrogen) atoms. The highest BCUT2D eigenvalue weighted by molar-refractivity contribution is 7.15. The molecule has 2 aromatic carbocycles. The molecule has 7 rings (SSSR count). The van der Waals surface area contributed by atoms with Gasteiger partial charge in [-0.1, -0.05) is 49.1 Å². The van der Waals surface area contributed by atoms with Crippen LogP contribution in [0.4, 0.5) is 0 Å². The quantitative estimate of drug-likeness (QED) is 0.0973. The Morgan fingerprint density at radius 3 is 2.62 bits per heavy atom. The minimum absolute atomic E-state index is 0.0918. The van der Waals surface area contributed by atoms with E-state index < -0.39 is 12.1 Å². The van der Waals surface area contributed by atoms with Gasteiger partial charge in [-0.15, -0.1) is 21.5 Å². The molecular weight excluding hydrogens is 712 g/mol. The number of ketones is 1. The van der Waals surface area contributed by atoms with Gasteiger partial charge in [0.25, 0.3) is 0 Å². The van der Waals surface area contributed by atoms with Gasteiger partial charge in [-0.3, -0.25) is 34.1 Å². The molecule has 5 heterocycles. The average molecular weight is 753 g/mol. The summed E-state index contributed by atoms with van der Waals surface area (Å²) in [4.78, 5) is 60.7. The van der Waals surface area contributed by atoms with Crippen molar-refractivity contribution in [3.63, 3.8) is 0 Å². The number of carbonyl (C=O) groups is 4. The molecule has 274 valence electrons. The lowest BCUT2D eigenvalue weighted by molar-refractivity contribution is -0.135. The molecule has 1 unspecified atom stereocenters. The lowest BCUT2D eigenvalue weighted by Crippen LogP contribution is -2.41. The maximum absolute atomic E-state index is 13.2. The molecule has 0 saturated carbocycles. The maximum Gasteiger partial charge on any atom is 0.249 e. The lowest BCUT2D eigenvalue weighted by atomic mass is 9.99. The first kappa shape index (κ1) is 36.4. The normalized spacial score (nSPS) is 16.8. The number of amides is 3. The molecule has 2 aliphatic rings. The van der Waals surface area contributed by atoms with Crippen LogP contribution in [0.5, 0.6) is 0 Å². The molecule has 2 aliphatic heterocycles. The summed E-state index contributed by atoms with van der Waals surface area (Å²) < 4.78 is 3.76. The summed E-state index contributed by atoms with van der Waals surface area (Å²) in [5.74, 6) is 0.129. The van der Waals surface area contributed by atoms with Crippen LogP contribution >= 0.6 is 22.9 Å². The first-order valence-electron chi connectivity index (χ1n) is 18.1.